The molecule has 7 heteroatoms. The SMILES string of the molecule is Cc1ccc(-c2noc(CS(C)(=O)=O)n2)cc1F. The molecule has 5 nitrogen and oxygen atoms in total. The van der Waals surface area contributed by atoms with Gasteiger partial charge in [-0.05, 0) is 18.6 Å². The van der Waals surface area contributed by atoms with Crippen molar-refractivity contribution in [2.75, 3.05) is 6.26 Å². The lowest BCUT2D eigenvalue weighted by Crippen LogP contribution is -2.00. The molecule has 0 spiro atoms. The van der Waals surface area contributed by atoms with Gasteiger partial charge in [-0.3, -0.25) is 0 Å². The van der Waals surface area contributed by atoms with Gasteiger partial charge >= 0.3 is 0 Å². The highest BCUT2D eigenvalue weighted by Gasteiger charge is 2.14. The first-order valence-electron chi connectivity index (χ1n) is 5.12. The Labute approximate surface area is 104 Å². The molecular weight excluding hydrogens is 259 g/mol. The van der Waals surface area contributed by atoms with E-state index in [-0.39, 0.29) is 23.3 Å². The average Bonchev–Trinajstić information content (AvgIpc) is 2.68. The summed E-state index contributed by atoms with van der Waals surface area (Å²) in [6.45, 7) is 1.64. The smallest absolute Gasteiger partial charge is 0.242 e. The van der Waals surface area contributed by atoms with E-state index in [2.05, 4.69) is 10.1 Å². The third-order valence-corrected chi connectivity index (χ3v) is 3.06. The highest BCUT2D eigenvalue weighted by molar-refractivity contribution is 7.89. The molecule has 0 aliphatic heterocycles. The van der Waals surface area contributed by atoms with E-state index in [1.165, 1.54) is 6.07 Å². The summed E-state index contributed by atoms with van der Waals surface area (Å²) in [6.07, 6.45) is 1.07. The van der Waals surface area contributed by atoms with Gasteiger partial charge in [0.2, 0.25) is 11.7 Å². The molecule has 1 heterocycles. The van der Waals surface area contributed by atoms with E-state index in [0.717, 1.165) is 6.26 Å². The molecule has 0 saturated heterocycles. The van der Waals surface area contributed by atoms with Gasteiger partial charge in [-0.2, -0.15) is 4.98 Å². The van der Waals surface area contributed by atoms with Gasteiger partial charge in [0.1, 0.15) is 11.6 Å². The van der Waals surface area contributed by atoms with E-state index in [1.807, 2.05) is 0 Å². The van der Waals surface area contributed by atoms with Crippen LogP contribution < -0.4 is 0 Å². The van der Waals surface area contributed by atoms with E-state index in [1.54, 1.807) is 19.1 Å². The standard InChI is InChI=1S/C11H11FN2O3S/c1-7-3-4-8(5-9(7)12)11-13-10(17-14-11)6-18(2,15)16/h3-5H,6H2,1-2H3. The molecule has 1 aromatic carbocycles. The van der Waals surface area contributed by atoms with Crippen LogP contribution in [0.5, 0.6) is 0 Å². The lowest BCUT2D eigenvalue weighted by atomic mass is 10.1. The van der Waals surface area contributed by atoms with Crippen molar-refractivity contribution < 1.29 is 17.3 Å². The second kappa shape index (κ2) is 4.49. The highest BCUT2D eigenvalue weighted by atomic mass is 32.2. The molecule has 0 fully saturated rings. The van der Waals surface area contributed by atoms with Crippen molar-refractivity contribution in [3.8, 4) is 11.4 Å². The molecule has 0 saturated carbocycles. The molecular formula is C11H11FN2O3S. The Hall–Kier alpha value is -1.76. The number of aryl methyl sites for hydroxylation is 1. The van der Waals surface area contributed by atoms with Gasteiger partial charge in [0.25, 0.3) is 0 Å². The molecule has 0 radical (unpaired) electrons. The summed E-state index contributed by atoms with van der Waals surface area (Å²) in [6, 6.07) is 4.52. The van der Waals surface area contributed by atoms with Crippen molar-refractivity contribution in [1.82, 2.24) is 10.1 Å². The quantitative estimate of drug-likeness (QED) is 0.849. The predicted octanol–water partition coefficient (Wildman–Crippen LogP) is 1.73. The molecule has 2 aromatic rings. The van der Waals surface area contributed by atoms with Crippen molar-refractivity contribution in [3.63, 3.8) is 0 Å². The van der Waals surface area contributed by atoms with E-state index < -0.39 is 9.84 Å². The van der Waals surface area contributed by atoms with Crippen LogP contribution in [-0.2, 0) is 15.6 Å². The fourth-order valence-electron chi connectivity index (χ4n) is 1.39. The zero-order chi connectivity index (χ0) is 13.3. The Bertz CT molecular complexity index is 679. The molecule has 2 rings (SSSR count). The first kappa shape index (κ1) is 12.7. The fourth-order valence-corrected chi connectivity index (χ4v) is 1.95. The maximum absolute atomic E-state index is 13.4. The number of hydrogen-bond acceptors (Lipinski definition) is 5. The fraction of sp³-hybridized carbons (Fsp3) is 0.273. The second-order valence-electron chi connectivity index (χ2n) is 4.05. The number of hydrogen-bond donors (Lipinski definition) is 0. The second-order valence-corrected chi connectivity index (χ2v) is 6.19. The summed E-state index contributed by atoms with van der Waals surface area (Å²) in [5.41, 5.74) is 0.959. The van der Waals surface area contributed by atoms with Crippen LogP contribution in [0.2, 0.25) is 0 Å². The normalized spacial score (nSPS) is 11.7. The summed E-state index contributed by atoms with van der Waals surface area (Å²) in [7, 11) is -3.23. The van der Waals surface area contributed by atoms with E-state index >= 15 is 0 Å². The van der Waals surface area contributed by atoms with Gasteiger partial charge in [-0.1, -0.05) is 17.3 Å². The van der Waals surface area contributed by atoms with Gasteiger partial charge in [-0.25, -0.2) is 12.8 Å². The first-order valence-corrected chi connectivity index (χ1v) is 7.18. The molecule has 0 N–H and O–H groups in total. The molecule has 96 valence electrons. The van der Waals surface area contributed by atoms with E-state index in [4.69, 9.17) is 4.52 Å². The van der Waals surface area contributed by atoms with E-state index in [9.17, 15) is 12.8 Å². The summed E-state index contributed by atoms with van der Waals surface area (Å²) in [5.74, 6) is -0.531. The van der Waals surface area contributed by atoms with Crippen molar-refractivity contribution in [2.45, 2.75) is 12.7 Å². The first-order chi connectivity index (χ1) is 8.35. The van der Waals surface area contributed by atoms with Crippen LogP contribution in [0.15, 0.2) is 22.7 Å². The van der Waals surface area contributed by atoms with Gasteiger partial charge < -0.3 is 4.52 Å². The summed E-state index contributed by atoms with van der Waals surface area (Å²) in [5, 5.41) is 3.62. The predicted molar refractivity (Wildman–Crippen MR) is 63.0 cm³/mol. The molecule has 0 aliphatic rings. The van der Waals surface area contributed by atoms with Crippen LogP contribution in [0.25, 0.3) is 11.4 Å². The Morgan fingerprint density at radius 3 is 2.72 bits per heavy atom. The van der Waals surface area contributed by atoms with Crippen LogP contribution in [0, 0.1) is 12.7 Å². The molecule has 0 atom stereocenters. The van der Waals surface area contributed by atoms with Crippen molar-refractivity contribution in [2.24, 2.45) is 0 Å². The molecule has 0 aliphatic carbocycles. The topological polar surface area (TPSA) is 73.1 Å². The largest absolute Gasteiger partial charge is 0.338 e. The van der Waals surface area contributed by atoms with Crippen LogP contribution in [0.4, 0.5) is 4.39 Å². The van der Waals surface area contributed by atoms with Crippen molar-refractivity contribution >= 4 is 9.84 Å². The number of halogens is 1. The number of rotatable bonds is 3. The minimum atomic E-state index is -3.23. The Kier molecular flexibility index (Phi) is 3.16. The molecule has 18 heavy (non-hydrogen) atoms. The number of nitrogens with zero attached hydrogens (tertiary/aromatic N) is 2. The molecule has 0 bridgehead atoms. The maximum atomic E-state index is 13.4. The summed E-state index contributed by atoms with van der Waals surface area (Å²) in [4.78, 5) is 3.91. The van der Waals surface area contributed by atoms with Gasteiger partial charge in [0.15, 0.2) is 9.84 Å². The lowest BCUT2D eigenvalue weighted by molar-refractivity contribution is 0.389. The van der Waals surface area contributed by atoms with Gasteiger partial charge in [0.05, 0.1) is 0 Å². The number of aromatic nitrogens is 2. The number of sulfone groups is 1. The average molecular weight is 270 g/mol. The minimum Gasteiger partial charge on any atom is -0.338 e. The van der Waals surface area contributed by atoms with Crippen LogP contribution >= 0.6 is 0 Å². The zero-order valence-corrected chi connectivity index (χ0v) is 10.7. The summed E-state index contributed by atoms with van der Waals surface area (Å²) >= 11 is 0. The Morgan fingerprint density at radius 2 is 2.11 bits per heavy atom. The maximum Gasteiger partial charge on any atom is 0.242 e. The van der Waals surface area contributed by atoms with Crippen molar-refractivity contribution in [1.29, 1.82) is 0 Å². The van der Waals surface area contributed by atoms with Crippen LogP contribution in [0.1, 0.15) is 11.5 Å². The third-order valence-electron chi connectivity index (χ3n) is 2.28. The minimum absolute atomic E-state index is 0.00603. The molecule has 0 unspecified atom stereocenters. The Morgan fingerprint density at radius 1 is 1.39 bits per heavy atom. The number of benzene rings is 1. The highest BCUT2D eigenvalue weighted by Crippen LogP contribution is 2.19. The molecule has 1 aromatic heterocycles. The van der Waals surface area contributed by atoms with Gasteiger partial charge in [-0.15, -0.1) is 0 Å². The Balaban J connectivity index is 2.32. The third kappa shape index (κ3) is 2.92. The van der Waals surface area contributed by atoms with Crippen LogP contribution in [-0.4, -0.2) is 24.8 Å². The lowest BCUT2D eigenvalue weighted by Gasteiger charge is -1.97. The zero-order valence-electron chi connectivity index (χ0n) is 9.84. The monoisotopic (exact) mass is 270 g/mol. The van der Waals surface area contributed by atoms with E-state index in [0.29, 0.717) is 11.1 Å². The van der Waals surface area contributed by atoms with Crippen molar-refractivity contribution in [3.05, 3.63) is 35.5 Å². The summed E-state index contributed by atoms with van der Waals surface area (Å²) < 4.78 is 40.3. The van der Waals surface area contributed by atoms with Gasteiger partial charge in [0, 0.05) is 11.8 Å². The van der Waals surface area contributed by atoms with Crippen LogP contribution in [0.3, 0.4) is 0 Å². The molecule has 0 amide bonds.